The third-order valence-electron chi connectivity index (χ3n) is 6.40. The van der Waals surface area contributed by atoms with Gasteiger partial charge in [0.05, 0.1) is 0 Å². The molecule has 0 saturated carbocycles. The number of nitrogens with zero attached hydrogens (tertiary/aromatic N) is 2. The number of halogens is 2. The lowest BCUT2D eigenvalue weighted by Gasteiger charge is -2.62. The minimum absolute atomic E-state index is 0.0368. The zero-order valence-corrected chi connectivity index (χ0v) is 18.4. The Morgan fingerprint density at radius 2 is 1.55 bits per heavy atom. The van der Waals surface area contributed by atoms with Gasteiger partial charge in [-0.25, -0.2) is 4.79 Å². The fourth-order valence-electron chi connectivity index (χ4n) is 4.77. The van der Waals surface area contributed by atoms with Crippen LogP contribution in [0.4, 0.5) is 10.5 Å². The Morgan fingerprint density at radius 3 is 2.10 bits per heavy atom. The van der Waals surface area contributed by atoms with Crippen LogP contribution in [0.25, 0.3) is 0 Å². The van der Waals surface area contributed by atoms with Crippen molar-refractivity contribution in [2.24, 2.45) is 5.41 Å². The molecule has 4 rings (SSSR count). The van der Waals surface area contributed by atoms with Crippen molar-refractivity contribution in [3.05, 3.63) is 64.1 Å². The van der Waals surface area contributed by atoms with Crippen molar-refractivity contribution in [3.8, 4) is 0 Å². The summed E-state index contributed by atoms with van der Waals surface area (Å²) in [5, 5.41) is 4.41. The van der Waals surface area contributed by atoms with Crippen LogP contribution >= 0.6 is 23.2 Å². The molecule has 1 spiro atoms. The molecule has 0 aliphatic carbocycles. The molecule has 6 heteroatoms. The summed E-state index contributed by atoms with van der Waals surface area (Å²) in [4.78, 5) is 17.2. The second kappa shape index (κ2) is 8.17. The minimum Gasteiger partial charge on any atom is -0.324 e. The molecule has 29 heavy (non-hydrogen) atoms. The predicted molar refractivity (Wildman–Crippen MR) is 120 cm³/mol. The largest absolute Gasteiger partial charge is 0.324 e. The van der Waals surface area contributed by atoms with Gasteiger partial charge < -0.3 is 10.2 Å². The second-order valence-electron chi connectivity index (χ2n) is 8.51. The number of benzene rings is 2. The van der Waals surface area contributed by atoms with Crippen molar-refractivity contribution in [2.75, 3.05) is 25.0 Å². The molecule has 1 unspecified atom stereocenters. The van der Waals surface area contributed by atoms with Gasteiger partial charge in [-0.15, -0.1) is 0 Å². The highest BCUT2D eigenvalue weighted by atomic mass is 35.5. The zero-order chi connectivity index (χ0) is 20.6. The molecule has 2 aliphatic heterocycles. The highest BCUT2D eigenvalue weighted by molar-refractivity contribution is 6.30. The third-order valence-corrected chi connectivity index (χ3v) is 6.90. The van der Waals surface area contributed by atoms with Gasteiger partial charge in [0.1, 0.15) is 0 Å². The number of likely N-dealkylation sites (tertiary alicyclic amines) is 2. The molecule has 1 N–H and O–H groups in total. The Kier molecular flexibility index (Phi) is 5.78. The number of rotatable bonds is 3. The smallest absolute Gasteiger partial charge is 0.321 e. The molecule has 0 aromatic heterocycles. The summed E-state index contributed by atoms with van der Waals surface area (Å²) in [5.41, 5.74) is 2.33. The monoisotopic (exact) mass is 431 g/mol. The van der Waals surface area contributed by atoms with Gasteiger partial charge in [0.15, 0.2) is 0 Å². The van der Waals surface area contributed by atoms with Gasteiger partial charge in [-0.2, -0.15) is 0 Å². The maximum atomic E-state index is 12.7. The van der Waals surface area contributed by atoms with E-state index in [0.29, 0.717) is 17.1 Å². The average Bonchev–Trinajstić information content (AvgIpc) is 2.70. The predicted octanol–water partition coefficient (Wildman–Crippen LogP) is 6.07. The van der Waals surface area contributed by atoms with Crippen LogP contribution in [-0.4, -0.2) is 41.5 Å². The molecular weight excluding hydrogens is 405 g/mol. The number of anilines is 1. The number of nitrogens with one attached hydrogen (secondary N) is 1. The Hall–Kier alpha value is -1.75. The molecule has 2 aromatic carbocycles. The van der Waals surface area contributed by atoms with E-state index in [9.17, 15) is 4.79 Å². The number of hydrogen-bond donors (Lipinski definition) is 1. The van der Waals surface area contributed by atoms with E-state index in [4.69, 9.17) is 23.2 Å². The number of amides is 2. The SMILES string of the molecule is CC(C)N1CC2(CCN(C(=O)Nc3ccc(Cl)cc3)CC2)C1c1ccc(Cl)cc1. The molecule has 2 heterocycles. The van der Waals surface area contributed by atoms with E-state index in [0.717, 1.165) is 43.2 Å². The molecule has 4 nitrogen and oxygen atoms in total. The first-order chi connectivity index (χ1) is 13.9. The van der Waals surface area contributed by atoms with E-state index < -0.39 is 0 Å². The summed E-state index contributed by atoms with van der Waals surface area (Å²) < 4.78 is 0. The van der Waals surface area contributed by atoms with E-state index in [1.165, 1.54) is 5.56 Å². The summed E-state index contributed by atoms with van der Waals surface area (Å²) in [7, 11) is 0. The van der Waals surface area contributed by atoms with E-state index >= 15 is 0 Å². The van der Waals surface area contributed by atoms with Gasteiger partial charge in [-0.3, -0.25) is 4.90 Å². The van der Waals surface area contributed by atoms with Crippen LogP contribution in [0.15, 0.2) is 48.5 Å². The molecule has 2 aliphatic rings. The number of piperidine rings is 1. The van der Waals surface area contributed by atoms with Crippen molar-refractivity contribution in [2.45, 2.75) is 38.8 Å². The van der Waals surface area contributed by atoms with Crippen molar-refractivity contribution in [1.29, 1.82) is 0 Å². The quantitative estimate of drug-likeness (QED) is 0.639. The Labute approximate surface area is 182 Å². The average molecular weight is 432 g/mol. The molecule has 2 amide bonds. The first-order valence-corrected chi connectivity index (χ1v) is 11.0. The zero-order valence-electron chi connectivity index (χ0n) is 16.9. The lowest BCUT2D eigenvalue weighted by molar-refractivity contribution is -0.123. The number of carbonyl (C=O) groups is 1. The minimum atomic E-state index is -0.0368. The van der Waals surface area contributed by atoms with Crippen LogP contribution in [0.2, 0.25) is 10.0 Å². The standard InChI is InChI=1S/C23H27Cl2N3O/c1-16(2)28-15-23(21(28)17-3-5-18(24)6-4-17)11-13-27(14-12-23)22(29)26-20-9-7-19(25)8-10-20/h3-10,16,21H,11-15H2,1-2H3,(H,26,29). The van der Waals surface area contributed by atoms with E-state index in [1.807, 2.05) is 29.2 Å². The van der Waals surface area contributed by atoms with Crippen LogP contribution in [0.3, 0.4) is 0 Å². The lowest BCUT2D eigenvalue weighted by Crippen LogP contribution is -2.64. The third kappa shape index (κ3) is 4.11. The molecule has 2 aromatic rings. The van der Waals surface area contributed by atoms with Gasteiger partial charge in [0, 0.05) is 52.9 Å². The summed E-state index contributed by atoms with van der Waals surface area (Å²) in [6.07, 6.45) is 2.02. The van der Waals surface area contributed by atoms with Crippen molar-refractivity contribution in [1.82, 2.24) is 9.80 Å². The van der Waals surface area contributed by atoms with Gasteiger partial charge in [-0.1, -0.05) is 35.3 Å². The molecule has 0 radical (unpaired) electrons. The summed E-state index contributed by atoms with van der Waals surface area (Å²) in [6.45, 7) is 7.14. The summed E-state index contributed by atoms with van der Waals surface area (Å²) >= 11 is 12.0. The van der Waals surface area contributed by atoms with Crippen molar-refractivity contribution in [3.63, 3.8) is 0 Å². The molecular formula is C23H27Cl2N3O. The van der Waals surface area contributed by atoms with Crippen LogP contribution < -0.4 is 5.32 Å². The van der Waals surface area contributed by atoms with Crippen LogP contribution in [0.1, 0.15) is 38.3 Å². The van der Waals surface area contributed by atoms with E-state index in [2.05, 4.69) is 36.2 Å². The Morgan fingerprint density at radius 1 is 1.00 bits per heavy atom. The topological polar surface area (TPSA) is 35.6 Å². The van der Waals surface area contributed by atoms with Gasteiger partial charge in [0.2, 0.25) is 0 Å². The number of hydrogen-bond acceptors (Lipinski definition) is 2. The molecule has 1 atom stereocenters. The van der Waals surface area contributed by atoms with Crippen LogP contribution in [-0.2, 0) is 0 Å². The Bertz CT molecular complexity index is 859. The van der Waals surface area contributed by atoms with Crippen LogP contribution in [0.5, 0.6) is 0 Å². The summed E-state index contributed by atoms with van der Waals surface area (Å²) in [6, 6.07) is 16.3. The molecule has 2 saturated heterocycles. The molecule has 2 fully saturated rings. The van der Waals surface area contributed by atoms with E-state index in [1.54, 1.807) is 12.1 Å². The highest BCUT2D eigenvalue weighted by Crippen LogP contribution is 2.55. The fourth-order valence-corrected chi connectivity index (χ4v) is 5.03. The lowest BCUT2D eigenvalue weighted by atomic mass is 9.62. The summed E-state index contributed by atoms with van der Waals surface area (Å²) in [5.74, 6) is 0. The van der Waals surface area contributed by atoms with E-state index in [-0.39, 0.29) is 11.4 Å². The van der Waals surface area contributed by atoms with Crippen molar-refractivity contribution < 1.29 is 4.79 Å². The Balaban J connectivity index is 1.43. The maximum absolute atomic E-state index is 12.7. The van der Waals surface area contributed by atoms with Gasteiger partial charge in [-0.05, 0) is 68.7 Å². The maximum Gasteiger partial charge on any atom is 0.321 e. The normalized spacial score (nSPS) is 21.3. The van der Waals surface area contributed by atoms with Crippen LogP contribution in [0, 0.1) is 5.41 Å². The fraction of sp³-hybridized carbons (Fsp3) is 0.435. The first-order valence-electron chi connectivity index (χ1n) is 10.2. The van der Waals surface area contributed by atoms with Crippen molar-refractivity contribution >= 4 is 34.9 Å². The first kappa shape index (κ1) is 20.5. The molecule has 0 bridgehead atoms. The highest BCUT2D eigenvalue weighted by Gasteiger charge is 2.54. The molecule has 154 valence electrons. The second-order valence-corrected chi connectivity index (χ2v) is 9.38. The van der Waals surface area contributed by atoms with Gasteiger partial charge >= 0.3 is 6.03 Å². The van der Waals surface area contributed by atoms with Gasteiger partial charge in [0.25, 0.3) is 0 Å². The number of urea groups is 1. The number of carbonyl (C=O) groups excluding carboxylic acids is 1.